The molecule has 0 radical (unpaired) electrons. The molecule has 0 aliphatic carbocycles. The van der Waals surface area contributed by atoms with E-state index in [-0.39, 0.29) is 5.82 Å². The molecule has 1 saturated heterocycles. The summed E-state index contributed by atoms with van der Waals surface area (Å²) >= 11 is 0. The molecule has 2 aromatic rings. The van der Waals surface area contributed by atoms with E-state index >= 15 is 0 Å². The van der Waals surface area contributed by atoms with Crippen molar-refractivity contribution in [3.05, 3.63) is 65.5 Å². The third kappa shape index (κ3) is 4.57. The minimum atomic E-state index is -0.194. The van der Waals surface area contributed by atoms with Gasteiger partial charge in [-0.2, -0.15) is 0 Å². The molecule has 1 fully saturated rings. The Labute approximate surface area is 144 Å². The number of rotatable bonds is 7. The molecule has 1 aliphatic heterocycles. The Hall–Kier alpha value is -1.87. The number of hydrogen-bond acceptors (Lipinski definition) is 2. The van der Waals surface area contributed by atoms with Gasteiger partial charge >= 0.3 is 0 Å². The highest BCUT2D eigenvalue weighted by Crippen LogP contribution is 2.23. The lowest BCUT2D eigenvalue weighted by molar-refractivity contribution is 0.232. The molecule has 3 rings (SSSR count). The number of benzene rings is 2. The number of likely N-dealkylation sites (tertiary alicyclic amines) is 1. The molecule has 0 aromatic heterocycles. The molecular weight excluding hydrogens is 301 g/mol. The zero-order valence-corrected chi connectivity index (χ0v) is 14.4. The number of nitrogens with zero attached hydrogens (tertiary/aromatic N) is 1. The summed E-state index contributed by atoms with van der Waals surface area (Å²) in [7, 11) is 2.18. The zero-order valence-electron chi connectivity index (χ0n) is 14.4. The van der Waals surface area contributed by atoms with Gasteiger partial charge in [-0.3, -0.25) is 0 Å². The number of hydrogen-bond donors (Lipinski definition) is 0. The summed E-state index contributed by atoms with van der Waals surface area (Å²) in [4.78, 5) is 2.41. The predicted molar refractivity (Wildman–Crippen MR) is 96.0 cm³/mol. The fourth-order valence-electron chi connectivity index (χ4n) is 3.46. The fourth-order valence-corrected chi connectivity index (χ4v) is 3.46. The minimum absolute atomic E-state index is 0.194. The monoisotopic (exact) mass is 327 g/mol. The van der Waals surface area contributed by atoms with Crippen LogP contribution in [0.5, 0.6) is 5.75 Å². The molecular formula is C21H26FNO. The normalized spacial score (nSPS) is 18.0. The van der Waals surface area contributed by atoms with Crippen molar-refractivity contribution < 1.29 is 9.13 Å². The van der Waals surface area contributed by atoms with Crippen molar-refractivity contribution in [3.63, 3.8) is 0 Å². The maximum absolute atomic E-state index is 13.6. The lowest BCUT2D eigenvalue weighted by atomic mass is 10.0. The molecule has 128 valence electrons. The summed E-state index contributed by atoms with van der Waals surface area (Å²) < 4.78 is 19.6. The molecule has 0 N–H and O–H groups in total. The highest BCUT2D eigenvalue weighted by Gasteiger charge is 2.20. The summed E-state index contributed by atoms with van der Waals surface area (Å²) in [6.45, 7) is 1.88. The quantitative estimate of drug-likeness (QED) is 0.744. The molecule has 0 bridgehead atoms. The van der Waals surface area contributed by atoms with Crippen molar-refractivity contribution in [2.45, 2.75) is 38.1 Å². The van der Waals surface area contributed by atoms with Gasteiger partial charge in [0.25, 0.3) is 0 Å². The van der Waals surface area contributed by atoms with Crippen molar-refractivity contribution in [1.29, 1.82) is 0 Å². The van der Waals surface area contributed by atoms with E-state index in [0.29, 0.717) is 12.6 Å². The fraction of sp³-hybridized carbons (Fsp3) is 0.429. The maximum Gasteiger partial charge on any atom is 0.123 e. The van der Waals surface area contributed by atoms with Gasteiger partial charge in [-0.05, 0) is 75.0 Å². The van der Waals surface area contributed by atoms with Crippen LogP contribution in [-0.2, 0) is 12.8 Å². The predicted octanol–water partition coefficient (Wildman–Crippen LogP) is 4.47. The molecule has 3 heteroatoms. The SMILES string of the molecule is CN1CCCC1CCOc1ccc(F)cc1CCc1ccccc1. The largest absolute Gasteiger partial charge is 0.493 e. The van der Waals surface area contributed by atoms with Gasteiger partial charge in [0.1, 0.15) is 11.6 Å². The molecule has 1 aliphatic rings. The van der Waals surface area contributed by atoms with Gasteiger partial charge in [0.2, 0.25) is 0 Å². The van der Waals surface area contributed by atoms with E-state index in [1.54, 1.807) is 12.1 Å². The topological polar surface area (TPSA) is 12.5 Å². The van der Waals surface area contributed by atoms with E-state index in [4.69, 9.17) is 4.74 Å². The second kappa shape index (κ2) is 8.29. The van der Waals surface area contributed by atoms with E-state index in [0.717, 1.165) is 30.6 Å². The van der Waals surface area contributed by atoms with Crippen LogP contribution >= 0.6 is 0 Å². The lowest BCUT2D eigenvalue weighted by Gasteiger charge is -2.20. The molecule has 1 atom stereocenters. The molecule has 24 heavy (non-hydrogen) atoms. The summed E-state index contributed by atoms with van der Waals surface area (Å²) in [6.07, 6.45) is 5.25. The first-order valence-corrected chi connectivity index (χ1v) is 8.88. The number of ether oxygens (including phenoxy) is 1. The van der Waals surface area contributed by atoms with Crippen LogP contribution in [0.15, 0.2) is 48.5 Å². The van der Waals surface area contributed by atoms with E-state index in [1.165, 1.54) is 31.0 Å². The second-order valence-corrected chi connectivity index (χ2v) is 6.65. The van der Waals surface area contributed by atoms with Crippen LogP contribution in [0.25, 0.3) is 0 Å². The Morgan fingerprint density at radius 1 is 1.12 bits per heavy atom. The Bertz CT molecular complexity index is 644. The van der Waals surface area contributed by atoms with Crippen LogP contribution in [0, 0.1) is 5.82 Å². The first-order chi connectivity index (χ1) is 11.7. The van der Waals surface area contributed by atoms with Gasteiger partial charge in [0, 0.05) is 6.04 Å². The molecule has 1 heterocycles. The Morgan fingerprint density at radius 2 is 1.96 bits per heavy atom. The lowest BCUT2D eigenvalue weighted by Crippen LogP contribution is -2.26. The third-order valence-electron chi connectivity index (χ3n) is 4.93. The standard InChI is InChI=1S/C21H26FNO/c1-23-14-5-8-20(23)13-15-24-21-12-11-19(22)16-18(21)10-9-17-6-3-2-4-7-17/h2-4,6-7,11-12,16,20H,5,8-10,13-15H2,1H3. The molecule has 2 aromatic carbocycles. The van der Waals surface area contributed by atoms with Gasteiger partial charge in [-0.15, -0.1) is 0 Å². The Morgan fingerprint density at radius 3 is 2.71 bits per heavy atom. The Balaban J connectivity index is 1.58. The van der Waals surface area contributed by atoms with E-state index < -0.39 is 0 Å². The summed E-state index contributed by atoms with van der Waals surface area (Å²) in [5.41, 5.74) is 2.22. The minimum Gasteiger partial charge on any atom is -0.493 e. The molecule has 0 spiro atoms. The smallest absolute Gasteiger partial charge is 0.123 e. The Kier molecular flexibility index (Phi) is 5.86. The summed E-state index contributed by atoms with van der Waals surface area (Å²) in [5, 5.41) is 0. The first-order valence-electron chi connectivity index (χ1n) is 8.88. The van der Waals surface area contributed by atoms with Crippen molar-refractivity contribution in [2.24, 2.45) is 0 Å². The van der Waals surface area contributed by atoms with Gasteiger partial charge in [-0.25, -0.2) is 4.39 Å². The van der Waals surface area contributed by atoms with Crippen molar-refractivity contribution in [2.75, 3.05) is 20.2 Å². The van der Waals surface area contributed by atoms with Crippen LogP contribution in [0.1, 0.15) is 30.4 Å². The maximum atomic E-state index is 13.6. The van der Waals surface area contributed by atoms with Crippen LogP contribution in [0.2, 0.25) is 0 Å². The first kappa shape index (κ1) is 17.0. The van der Waals surface area contributed by atoms with Crippen LogP contribution < -0.4 is 4.74 Å². The third-order valence-corrected chi connectivity index (χ3v) is 4.93. The van der Waals surface area contributed by atoms with Crippen molar-refractivity contribution >= 4 is 0 Å². The summed E-state index contributed by atoms with van der Waals surface area (Å²) in [5.74, 6) is 0.633. The zero-order chi connectivity index (χ0) is 16.8. The van der Waals surface area contributed by atoms with E-state index in [2.05, 4.69) is 24.1 Å². The molecule has 0 saturated carbocycles. The van der Waals surface area contributed by atoms with E-state index in [1.807, 2.05) is 18.2 Å². The average Bonchev–Trinajstić information content (AvgIpc) is 3.01. The molecule has 2 nitrogen and oxygen atoms in total. The van der Waals surface area contributed by atoms with Gasteiger partial charge in [-0.1, -0.05) is 30.3 Å². The molecule has 0 amide bonds. The van der Waals surface area contributed by atoms with Crippen LogP contribution in [0.3, 0.4) is 0 Å². The van der Waals surface area contributed by atoms with Gasteiger partial charge < -0.3 is 9.64 Å². The van der Waals surface area contributed by atoms with Crippen molar-refractivity contribution in [3.8, 4) is 5.75 Å². The van der Waals surface area contributed by atoms with Gasteiger partial charge in [0.05, 0.1) is 6.61 Å². The second-order valence-electron chi connectivity index (χ2n) is 6.65. The van der Waals surface area contributed by atoms with Crippen molar-refractivity contribution in [1.82, 2.24) is 4.90 Å². The summed E-state index contributed by atoms with van der Waals surface area (Å²) in [6, 6.07) is 15.8. The average molecular weight is 327 g/mol. The van der Waals surface area contributed by atoms with Gasteiger partial charge in [0.15, 0.2) is 0 Å². The number of halogens is 1. The number of aryl methyl sites for hydroxylation is 2. The highest BCUT2D eigenvalue weighted by molar-refractivity contribution is 5.35. The van der Waals surface area contributed by atoms with Crippen LogP contribution in [-0.4, -0.2) is 31.1 Å². The highest BCUT2D eigenvalue weighted by atomic mass is 19.1. The van der Waals surface area contributed by atoms with Crippen LogP contribution in [0.4, 0.5) is 4.39 Å². The molecule has 1 unspecified atom stereocenters. The van der Waals surface area contributed by atoms with E-state index in [9.17, 15) is 4.39 Å².